The molecule has 0 aliphatic carbocycles. The molecule has 5 nitrogen and oxygen atoms in total. The van der Waals surface area contributed by atoms with Gasteiger partial charge in [0.2, 0.25) is 5.91 Å². The van der Waals surface area contributed by atoms with Crippen molar-refractivity contribution in [2.45, 2.75) is 6.54 Å². The van der Waals surface area contributed by atoms with E-state index in [-0.39, 0.29) is 5.56 Å². The van der Waals surface area contributed by atoms with Gasteiger partial charge in [0, 0.05) is 23.5 Å². The van der Waals surface area contributed by atoms with Crippen LogP contribution in [0.2, 0.25) is 0 Å². The molecule has 0 unspecified atom stereocenters. The Morgan fingerprint density at radius 3 is 2.61 bits per heavy atom. The average Bonchev–Trinajstić information content (AvgIpc) is 2.34. The topological polar surface area (TPSA) is 91.1 Å². The number of nitrogens with zero attached hydrogens (tertiary/aromatic N) is 1. The highest BCUT2D eigenvalue weighted by Gasteiger charge is 2.05. The summed E-state index contributed by atoms with van der Waals surface area (Å²) in [5, 5.41) is 0. The predicted octanol–water partition coefficient (Wildman–Crippen LogP) is 0.578. The van der Waals surface area contributed by atoms with Crippen molar-refractivity contribution in [2.24, 2.45) is 5.73 Å². The summed E-state index contributed by atoms with van der Waals surface area (Å²) < 4.78 is 1.54. The lowest BCUT2D eigenvalue weighted by atomic mass is 10.1. The number of benzene rings is 1. The molecule has 0 saturated carbocycles. The quantitative estimate of drug-likeness (QED) is 0.772. The third-order valence-corrected chi connectivity index (χ3v) is 2.67. The summed E-state index contributed by atoms with van der Waals surface area (Å²) in [6.07, 6.45) is 1.68. The highest BCUT2D eigenvalue weighted by Crippen LogP contribution is 2.14. The molecule has 5 heteroatoms. The first-order chi connectivity index (χ1) is 8.58. The number of amides is 1. The van der Waals surface area contributed by atoms with Gasteiger partial charge in [0.05, 0.1) is 6.54 Å². The molecule has 2 rings (SSSR count). The van der Waals surface area contributed by atoms with E-state index in [0.29, 0.717) is 17.8 Å². The zero-order valence-corrected chi connectivity index (χ0v) is 9.67. The predicted molar refractivity (Wildman–Crippen MR) is 69.2 cm³/mol. The molecular formula is C13H13N3O2. The normalized spacial score (nSPS) is 10.2. The van der Waals surface area contributed by atoms with Crippen molar-refractivity contribution in [1.82, 2.24) is 4.57 Å². The summed E-state index contributed by atoms with van der Waals surface area (Å²) in [7, 11) is 0. The minimum atomic E-state index is -0.523. The van der Waals surface area contributed by atoms with Gasteiger partial charge >= 0.3 is 0 Å². The number of anilines is 1. The summed E-state index contributed by atoms with van der Waals surface area (Å²) in [5.41, 5.74) is 12.5. The second-order valence-electron chi connectivity index (χ2n) is 3.94. The van der Waals surface area contributed by atoms with Crippen molar-refractivity contribution in [1.29, 1.82) is 0 Å². The first-order valence-corrected chi connectivity index (χ1v) is 5.41. The van der Waals surface area contributed by atoms with E-state index in [9.17, 15) is 9.59 Å². The molecule has 2 aromatic rings. The van der Waals surface area contributed by atoms with E-state index >= 15 is 0 Å². The standard InChI is InChI=1S/C13H13N3O2/c14-11-7-9(13(15)18)4-5-10(11)8-16-6-2-1-3-12(16)17/h1-7H,8,14H2,(H2,15,18). The lowest BCUT2D eigenvalue weighted by Gasteiger charge is -2.09. The van der Waals surface area contributed by atoms with Crippen molar-refractivity contribution in [3.05, 3.63) is 64.1 Å². The van der Waals surface area contributed by atoms with E-state index in [1.54, 1.807) is 30.5 Å². The number of nitrogens with two attached hydrogens (primary N) is 2. The number of carbonyl (C=O) groups is 1. The van der Waals surface area contributed by atoms with Crippen molar-refractivity contribution in [3.63, 3.8) is 0 Å². The first kappa shape index (κ1) is 11.9. The maximum atomic E-state index is 11.6. The monoisotopic (exact) mass is 243 g/mol. The molecular weight excluding hydrogens is 230 g/mol. The van der Waals surface area contributed by atoms with E-state index < -0.39 is 5.91 Å². The van der Waals surface area contributed by atoms with Gasteiger partial charge in [0.25, 0.3) is 5.56 Å². The van der Waals surface area contributed by atoms with Crippen LogP contribution in [-0.2, 0) is 6.54 Å². The van der Waals surface area contributed by atoms with E-state index in [1.807, 2.05) is 0 Å². The Balaban J connectivity index is 2.33. The van der Waals surface area contributed by atoms with E-state index in [2.05, 4.69) is 0 Å². The van der Waals surface area contributed by atoms with Crippen LogP contribution in [0.3, 0.4) is 0 Å². The summed E-state index contributed by atoms with van der Waals surface area (Å²) in [4.78, 5) is 22.5. The molecule has 0 fully saturated rings. The molecule has 0 saturated heterocycles. The number of primary amides is 1. The summed E-state index contributed by atoms with van der Waals surface area (Å²) in [6.45, 7) is 0.366. The SMILES string of the molecule is NC(=O)c1ccc(Cn2ccccc2=O)c(N)c1. The average molecular weight is 243 g/mol. The molecule has 1 aromatic carbocycles. The smallest absolute Gasteiger partial charge is 0.250 e. The van der Waals surface area contributed by atoms with E-state index in [4.69, 9.17) is 11.5 Å². The number of hydrogen-bond donors (Lipinski definition) is 2. The Labute approximate surface area is 104 Å². The van der Waals surface area contributed by atoms with E-state index in [1.165, 1.54) is 16.7 Å². The lowest BCUT2D eigenvalue weighted by molar-refractivity contribution is 0.100. The molecule has 4 N–H and O–H groups in total. The van der Waals surface area contributed by atoms with Gasteiger partial charge in [-0.3, -0.25) is 9.59 Å². The molecule has 0 radical (unpaired) electrons. The van der Waals surface area contributed by atoms with Crippen molar-refractivity contribution < 1.29 is 4.79 Å². The second-order valence-corrected chi connectivity index (χ2v) is 3.94. The molecule has 1 aromatic heterocycles. The molecule has 18 heavy (non-hydrogen) atoms. The van der Waals surface area contributed by atoms with Crippen molar-refractivity contribution in [3.8, 4) is 0 Å². The fraction of sp³-hybridized carbons (Fsp3) is 0.0769. The van der Waals surface area contributed by atoms with Gasteiger partial charge in [-0.15, -0.1) is 0 Å². The number of aromatic nitrogens is 1. The highest BCUT2D eigenvalue weighted by atomic mass is 16.1. The highest BCUT2D eigenvalue weighted by molar-refractivity contribution is 5.93. The van der Waals surface area contributed by atoms with Crippen LogP contribution in [0.1, 0.15) is 15.9 Å². The minimum absolute atomic E-state index is 0.101. The van der Waals surface area contributed by atoms with Crippen molar-refractivity contribution >= 4 is 11.6 Å². The van der Waals surface area contributed by atoms with Gasteiger partial charge in [0.1, 0.15) is 0 Å². The zero-order valence-electron chi connectivity index (χ0n) is 9.67. The van der Waals surface area contributed by atoms with Gasteiger partial charge in [-0.1, -0.05) is 12.1 Å². The summed E-state index contributed by atoms with van der Waals surface area (Å²) in [5.74, 6) is -0.523. The van der Waals surface area contributed by atoms with Crippen LogP contribution in [-0.4, -0.2) is 10.5 Å². The minimum Gasteiger partial charge on any atom is -0.398 e. The molecule has 0 aliphatic rings. The molecule has 1 amide bonds. The van der Waals surface area contributed by atoms with Crippen LogP contribution in [0.15, 0.2) is 47.4 Å². The van der Waals surface area contributed by atoms with Crippen molar-refractivity contribution in [2.75, 3.05) is 5.73 Å². The zero-order chi connectivity index (χ0) is 13.1. The fourth-order valence-corrected chi connectivity index (χ4v) is 1.67. The molecule has 0 bridgehead atoms. The largest absolute Gasteiger partial charge is 0.398 e. The van der Waals surface area contributed by atoms with Crippen LogP contribution in [0.5, 0.6) is 0 Å². The summed E-state index contributed by atoms with van der Waals surface area (Å²) >= 11 is 0. The Bertz CT molecular complexity index is 647. The number of hydrogen-bond acceptors (Lipinski definition) is 3. The van der Waals surface area contributed by atoms with Gasteiger partial charge in [-0.2, -0.15) is 0 Å². The number of pyridine rings is 1. The van der Waals surface area contributed by atoms with Crippen LogP contribution < -0.4 is 17.0 Å². The molecule has 0 spiro atoms. The third kappa shape index (κ3) is 2.40. The summed E-state index contributed by atoms with van der Waals surface area (Å²) in [6, 6.07) is 9.75. The molecule has 92 valence electrons. The Morgan fingerprint density at radius 2 is 2.00 bits per heavy atom. The number of carbonyl (C=O) groups excluding carboxylic acids is 1. The van der Waals surface area contributed by atoms with Crippen LogP contribution in [0.4, 0.5) is 5.69 Å². The second kappa shape index (κ2) is 4.75. The van der Waals surface area contributed by atoms with E-state index in [0.717, 1.165) is 5.56 Å². The Kier molecular flexibility index (Phi) is 3.14. The van der Waals surface area contributed by atoms with Crippen LogP contribution in [0, 0.1) is 0 Å². The van der Waals surface area contributed by atoms with Gasteiger partial charge in [-0.05, 0) is 23.8 Å². The number of rotatable bonds is 3. The lowest BCUT2D eigenvalue weighted by Crippen LogP contribution is -2.19. The maximum Gasteiger partial charge on any atom is 0.250 e. The third-order valence-electron chi connectivity index (χ3n) is 2.67. The molecule has 1 heterocycles. The van der Waals surface area contributed by atoms with Gasteiger partial charge in [0.15, 0.2) is 0 Å². The molecule has 0 atom stereocenters. The van der Waals surface area contributed by atoms with Crippen LogP contribution >= 0.6 is 0 Å². The maximum absolute atomic E-state index is 11.6. The fourth-order valence-electron chi connectivity index (χ4n) is 1.67. The first-order valence-electron chi connectivity index (χ1n) is 5.41. The van der Waals surface area contributed by atoms with Gasteiger partial charge in [-0.25, -0.2) is 0 Å². The molecule has 0 aliphatic heterocycles. The Morgan fingerprint density at radius 1 is 1.22 bits per heavy atom. The van der Waals surface area contributed by atoms with Gasteiger partial charge < -0.3 is 16.0 Å². The van der Waals surface area contributed by atoms with Crippen LogP contribution in [0.25, 0.3) is 0 Å². The number of nitrogen functional groups attached to an aromatic ring is 1. The Hall–Kier alpha value is -2.56.